The molecule has 0 heterocycles. The lowest BCUT2D eigenvalue weighted by Crippen LogP contribution is -2.35. The highest BCUT2D eigenvalue weighted by molar-refractivity contribution is 7.74. The van der Waals surface area contributed by atoms with Gasteiger partial charge in [0.25, 0.3) is 0 Å². The van der Waals surface area contributed by atoms with Gasteiger partial charge in [0.1, 0.15) is 0 Å². The molecule has 0 aromatic rings. The number of hydrogen-bond donors (Lipinski definition) is 0. The maximum absolute atomic E-state index is 15.7. The molecule has 0 saturated carbocycles. The molecule has 324 valence electrons. The highest BCUT2D eigenvalue weighted by Gasteiger charge is 2.65. The number of carbonyl (C=O) groups is 3. The molecule has 14 heteroatoms. The van der Waals surface area contributed by atoms with E-state index < -0.39 is 74.6 Å². The SMILES string of the molecule is C=CCC(C/C=C(\C)CCC=C(C)C)(P(=O)(OCC[C@@H](C)CCC=C(C)C)OCOC(=O)C(C)(C)C)P(=O)(OCOC(=O)C(C)(C)C)OCOC(=O)C(C)(C)C. The minimum Gasteiger partial charge on any atom is -0.438 e. The predicted octanol–water partition coefficient (Wildman–Crippen LogP) is 12.2. The summed E-state index contributed by atoms with van der Waals surface area (Å²) in [4.78, 5) is 36.3. The number of carbonyl (C=O) groups excluding carboxylic acids is 3. The molecule has 0 spiro atoms. The number of esters is 3. The van der Waals surface area contributed by atoms with E-state index >= 15 is 9.13 Å². The fraction of sp³-hybridized carbons (Fsp3) is 0.738. The molecule has 2 unspecified atom stereocenters. The molecule has 12 nitrogen and oxygen atoms in total. The summed E-state index contributed by atoms with van der Waals surface area (Å²) < 4.78 is 71.7. The van der Waals surface area contributed by atoms with Crippen molar-refractivity contribution in [2.75, 3.05) is 27.0 Å². The first-order valence-corrected chi connectivity index (χ1v) is 22.5. The zero-order valence-electron chi connectivity index (χ0n) is 37.2. The lowest BCUT2D eigenvalue weighted by molar-refractivity contribution is -0.162. The van der Waals surface area contributed by atoms with Crippen LogP contribution in [0.25, 0.3) is 0 Å². The van der Waals surface area contributed by atoms with Crippen molar-refractivity contribution >= 4 is 33.1 Å². The number of ether oxygens (including phenoxy) is 3. The van der Waals surface area contributed by atoms with Crippen LogP contribution in [0.3, 0.4) is 0 Å². The van der Waals surface area contributed by atoms with Crippen molar-refractivity contribution in [1.82, 2.24) is 0 Å². The van der Waals surface area contributed by atoms with Crippen LogP contribution < -0.4 is 0 Å². The zero-order valence-corrected chi connectivity index (χ0v) is 39.0. The highest BCUT2D eigenvalue weighted by atomic mass is 31.2. The van der Waals surface area contributed by atoms with Gasteiger partial charge in [-0.25, -0.2) is 0 Å². The summed E-state index contributed by atoms with van der Waals surface area (Å²) in [6, 6.07) is 0. The van der Waals surface area contributed by atoms with Crippen molar-refractivity contribution in [2.24, 2.45) is 22.2 Å². The largest absolute Gasteiger partial charge is 0.438 e. The van der Waals surface area contributed by atoms with Gasteiger partial charge < -0.3 is 18.7 Å². The Morgan fingerprint density at radius 3 is 1.36 bits per heavy atom. The first-order valence-electron chi connectivity index (χ1n) is 19.4. The van der Waals surface area contributed by atoms with Crippen molar-refractivity contribution in [3.8, 4) is 0 Å². The van der Waals surface area contributed by atoms with Crippen LogP contribution in [0.15, 0.2) is 47.6 Å². The Kier molecular flexibility index (Phi) is 22.9. The van der Waals surface area contributed by atoms with Crippen LogP contribution in [0, 0.1) is 22.2 Å². The third-order valence-corrected chi connectivity index (χ3v) is 14.6. The van der Waals surface area contributed by atoms with E-state index in [2.05, 4.69) is 18.7 Å². The van der Waals surface area contributed by atoms with Gasteiger partial charge in [0.05, 0.1) is 22.9 Å². The Balaban J connectivity index is 7.64. The summed E-state index contributed by atoms with van der Waals surface area (Å²) in [6.07, 6.45) is 10.2. The van der Waals surface area contributed by atoms with E-state index in [0.717, 1.165) is 24.0 Å². The molecule has 0 aliphatic heterocycles. The molecule has 0 amide bonds. The predicted molar refractivity (Wildman–Crippen MR) is 223 cm³/mol. The zero-order chi connectivity index (χ0) is 43.6. The van der Waals surface area contributed by atoms with Gasteiger partial charge in [-0.15, -0.1) is 6.58 Å². The molecule has 56 heavy (non-hydrogen) atoms. The second-order valence-corrected chi connectivity index (χ2v) is 23.0. The Morgan fingerprint density at radius 2 is 0.982 bits per heavy atom. The molecule has 0 aliphatic rings. The molecule has 0 aliphatic carbocycles. The van der Waals surface area contributed by atoms with Gasteiger partial charge in [-0.2, -0.15) is 0 Å². The highest BCUT2D eigenvalue weighted by Crippen LogP contribution is 2.80. The van der Waals surface area contributed by atoms with Crippen LogP contribution >= 0.6 is 15.2 Å². The second kappa shape index (κ2) is 23.9. The Labute approximate surface area is 338 Å². The van der Waals surface area contributed by atoms with Gasteiger partial charge in [0, 0.05) is 0 Å². The Morgan fingerprint density at radius 1 is 0.589 bits per heavy atom. The summed E-state index contributed by atoms with van der Waals surface area (Å²) in [7, 11) is -9.75. The molecule has 0 fully saturated rings. The molecule has 0 aromatic carbocycles. The van der Waals surface area contributed by atoms with Gasteiger partial charge in [-0.1, -0.05) is 47.9 Å². The maximum Gasteiger partial charge on any atom is 0.355 e. The second-order valence-electron chi connectivity index (χ2n) is 17.9. The summed E-state index contributed by atoms with van der Waals surface area (Å²) in [5, 5.41) is 0. The Bertz CT molecular complexity index is 1430. The smallest absolute Gasteiger partial charge is 0.355 e. The summed E-state index contributed by atoms with van der Waals surface area (Å²) in [5.74, 6) is -1.84. The molecule has 3 atom stereocenters. The standard InChI is InChI=1S/C42H74O12P2/c1-17-26-42(27-24-34(6)22-18-20-32(2)3,56(47,53-30-49-37(44)40(11,12)13)54-31-50-38(45)41(14,15)16)55(46,52-29-48-36(43)39(8,9)10)51-28-25-35(7)23-19-21-33(4)5/h17,20-21,24,35H,1,18-19,22-23,25-31H2,2-16H3/b34-24+/t35-,42?,55?/m0/s1. The third-order valence-electron chi connectivity index (χ3n) is 8.52. The molecular weight excluding hydrogens is 758 g/mol. The van der Waals surface area contributed by atoms with Crippen molar-refractivity contribution in [1.29, 1.82) is 0 Å². The van der Waals surface area contributed by atoms with E-state index in [1.54, 1.807) is 68.4 Å². The van der Waals surface area contributed by atoms with E-state index in [1.807, 2.05) is 41.5 Å². The minimum absolute atomic E-state index is 0.0966. The fourth-order valence-electron chi connectivity index (χ4n) is 4.77. The van der Waals surface area contributed by atoms with Crippen LogP contribution in [0.1, 0.15) is 149 Å². The molecular formula is C42H74O12P2. The van der Waals surface area contributed by atoms with Crippen LogP contribution in [0.5, 0.6) is 0 Å². The van der Waals surface area contributed by atoms with Crippen molar-refractivity contribution in [3.63, 3.8) is 0 Å². The topological polar surface area (TPSA) is 150 Å². The van der Waals surface area contributed by atoms with E-state index in [9.17, 15) is 14.4 Å². The van der Waals surface area contributed by atoms with Gasteiger partial charge >= 0.3 is 33.1 Å². The van der Waals surface area contributed by atoms with Gasteiger partial charge in [0.15, 0.2) is 4.90 Å². The average Bonchev–Trinajstić information content (AvgIpc) is 3.04. The quantitative estimate of drug-likeness (QED) is 0.0283. The molecule has 0 rings (SSSR count). The van der Waals surface area contributed by atoms with Gasteiger partial charge in [0.2, 0.25) is 20.4 Å². The third kappa shape index (κ3) is 18.9. The van der Waals surface area contributed by atoms with Crippen molar-refractivity contribution < 1.29 is 55.8 Å². The van der Waals surface area contributed by atoms with Crippen LogP contribution in [0.2, 0.25) is 0 Å². The Hall–Kier alpha value is -2.33. The maximum atomic E-state index is 15.7. The molecule has 0 saturated heterocycles. The first kappa shape index (κ1) is 53.7. The molecule has 0 aromatic heterocycles. The van der Waals surface area contributed by atoms with Crippen LogP contribution in [-0.4, -0.2) is 49.8 Å². The lowest BCUT2D eigenvalue weighted by atomic mass is 9.98. The summed E-state index contributed by atoms with van der Waals surface area (Å²) in [6.45, 7) is 28.0. The van der Waals surface area contributed by atoms with Crippen LogP contribution in [-0.2, 0) is 55.8 Å². The number of hydrogen-bond acceptors (Lipinski definition) is 12. The number of allylic oxidation sites excluding steroid dienone is 7. The molecule has 0 N–H and O–H groups in total. The summed E-state index contributed by atoms with van der Waals surface area (Å²) in [5.41, 5.74) is 0.395. The van der Waals surface area contributed by atoms with Crippen molar-refractivity contribution in [3.05, 3.63) is 47.6 Å². The van der Waals surface area contributed by atoms with Gasteiger partial charge in [-0.3, -0.25) is 37.1 Å². The molecule has 0 bridgehead atoms. The first-order chi connectivity index (χ1) is 25.6. The molecule has 0 radical (unpaired) electrons. The van der Waals surface area contributed by atoms with E-state index in [1.165, 1.54) is 11.6 Å². The van der Waals surface area contributed by atoms with E-state index in [4.69, 9.17) is 32.3 Å². The monoisotopic (exact) mass is 832 g/mol. The van der Waals surface area contributed by atoms with Crippen LogP contribution in [0.4, 0.5) is 0 Å². The van der Waals surface area contributed by atoms with Crippen molar-refractivity contribution in [2.45, 2.75) is 154 Å². The lowest BCUT2D eigenvalue weighted by Gasteiger charge is -2.41. The van der Waals surface area contributed by atoms with E-state index in [0.29, 0.717) is 19.3 Å². The normalized spacial score (nSPS) is 15.4. The van der Waals surface area contributed by atoms with E-state index in [-0.39, 0.29) is 25.4 Å². The van der Waals surface area contributed by atoms with Gasteiger partial charge in [-0.05, 0) is 148 Å². The fourth-order valence-corrected chi connectivity index (χ4v) is 10.0. The average molecular weight is 833 g/mol. The number of rotatable bonds is 25. The minimum atomic E-state index is -4.95. The summed E-state index contributed by atoms with van der Waals surface area (Å²) >= 11 is 0.